The highest BCUT2D eigenvalue weighted by Crippen LogP contribution is 2.18. The SMILES string of the molecule is Cc1cc(NCC(C)O)ncc1[N+](=O)[O-]. The summed E-state index contributed by atoms with van der Waals surface area (Å²) in [4.78, 5) is 13.9. The smallest absolute Gasteiger partial charge is 0.290 e. The summed E-state index contributed by atoms with van der Waals surface area (Å²) >= 11 is 0. The largest absolute Gasteiger partial charge is 0.392 e. The van der Waals surface area contributed by atoms with Crippen molar-refractivity contribution in [1.82, 2.24) is 4.98 Å². The third kappa shape index (κ3) is 3.17. The van der Waals surface area contributed by atoms with Crippen molar-refractivity contribution in [2.24, 2.45) is 0 Å². The second-order valence-corrected chi connectivity index (χ2v) is 3.34. The molecule has 1 aromatic rings. The quantitative estimate of drug-likeness (QED) is 0.575. The number of aryl methyl sites for hydroxylation is 1. The molecule has 6 heteroatoms. The molecule has 15 heavy (non-hydrogen) atoms. The Hall–Kier alpha value is -1.69. The molecule has 0 aliphatic rings. The number of pyridine rings is 1. The average Bonchev–Trinajstić information content (AvgIpc) is 2.14. The molecule has 1 unspecified atom stereocenters. The zero-order valence-corrected chi connectivity index (χ0v) is 8.60. The molecule has 0 aliphatic carbocycles. The van der Waals surface area contributed by atoms with Gasteiger partial charge in [-0.15, -0.1) is 0 Å². The summed E-state index contributed by atoms with van der Waals surface area (Å²) < 4.78 is 0. The summed E-state index contributed by atoms with van der Waals surface area (Å²) in [5.41, 5.74) is 0.542. The van der Waals surface area contributed by atoms with E-state index in [0.717, 1.165) is 0 Å². The topological polar surface area (TPSA) is 88.3 Å². The van der Waals surface area contributed by atoms with Gasteiger partial charge in [0.05, 0.1) is 11.0 Å². The van der Waals surface area contributed by atoms with Crippen molar-refractivity contribution < 1.29 is 10.0 Å². The van der Waals surface area contributed by atoms with Crippen LogP contribution in [0.5, 0.6) is 0 Å². The first-order valence-corrected chi connectivity index (χ1v) is 4.53. The minimum atomic E-state index is -0.484. The lowest BCUT2D eigenvalue weighted by atomic mass is 10.2. The van der Waals surface area contributed by atoms with E-state index in [-0.39, 0.29) is 5.69 Å². The van der Waals surface area contributed by atoms with Crippen LogP contribution in [0.25, 0.3) is 0 Å². The van der Waals surface area contributed by atoms with Crippen LogP contribution in [0.3, 0.4) is 0 Å². The molecular formula is C9H13N3O3. The molecule has 0 saturated heterocycles. The lowest BCUT2D eigenvalue weighted by Gasteiger charge is -2.07. The molecule has 0 bridgehead atoms. The van der Waals surface area contributed by atoms with Crippen LogP contribution in [-0.2, 0) is 0 Å². The van der Waals surface area contributed by atoms with Crippen molar-refractivity contribution in [3.63, 3.8) is 0 Å². The van der Waals surface area contributed by atoms with E-state index in [0.29, 0.717) is 17.9 Å². The number of nitrogens with zero attached hydrogens (tertiary/aromatic N) is 2. The molecule has 2 N–H and O–H groups in total. The number of nitrogens with one attached hydrogen (secondary N) is 1. The molecule has 1 aromatic heterocycles. The molecule has 1 rings (SSSR count). The van der Waals surface area contributed by atoms with Gasteiger partial charge in [0, 0.05) is 12.1 Å². The lowest BCUT2D eigenvalue weighted by Crippen LogP contribution is -2.16. The van der Waals surface area contributed by atoms with Gasteiger partial charge in [-0.3, -0.25) is 10.1 Å². The number of nitro groups is 1. The van der Waals surface area contributed by atoms with E-state index < -0.39 is 11.0 Å². The highest BCUT2D eigenvalue weighted by Gasteiger charge is 2.11. The van der Waals surface area contributed by atoms with Crippen LogP contribution in [0.2, 0.25) is 0 Å². The summed E-state index contributed by atoms with van der Waals surface area (Å²) in [6.45, 7) is 3.66. The number of aliphatic hydroxyl groups excluding tert-OH is 1. The Morgan fingerprint density at radius 3 is 2.87 bits per heavy atom. The predicted octanol–water partition coefficient (Wildman–Crippen LogP) is 1.09. The molecule has 0 spiro atoms. The number of hydrogen-bond acceptors (Lipinski definition) is 5. The first kappa shape index (κ1) is 11.4. The zero-order valence-electron chi connectivity index (χ0n) is 8.60. The normalized spacial score (nSPS) is 12.2. The Labute approximate surface area is 87.1 Å². The van der Waals surface area contributed by atoms with Gasteiger partial charge in [-0.25, -0.2) is 4.98 Å². The van der Waals surface area contributed by atoms with E-state index in [1.807, 2.05) is 0 Å². The Bertz CT molecular complexity index is 366. The summed E-state index contributed by atoms with van der Waals surface area (Å²) in [6.07, 6.45) is 0.724. The first-order valence-electron chi connectivity index (χ1n) is 4.53. The molecular weight excluding hydrogens is 198 g/mol. The first-order chi connectivity index (χ1) is 7.00. The van der Waals surface area contributed by atoms with Gasteiger partial charge in [-0.2, -0.15) is 0 Å². The molecule has 82 valence electrons. The summed E-state index contributed by atoms with van der Waals surface area (Å²) in [5, 5.41) is 22.4. The Morgan fingerprint density at radius 2 is 2.40 bits per heavy atom. The maximum atomic E-state index is 10.5. The van der Waals surface area contributed by atoms with E-state index in [1.54, 1.807) is 19.9 Å². The van der Waals surface area contributed by atoms with Gasteiger partial charge in [0.1, 0.15) is 12.0 Å². The number of rotatable bonds is 4. The van der Waals surface area contributed by atoms with Crippen molar-refractivity contribution in [1.29, 1.82) is 0 Å². The predicted molar refractivity (Wildman–Crippen MR) is 55.8 cm³/mol. The second-order valence-electron chi connectivity index (χ2n) is 3.34. The van der Waals surface area contributed by atoms with Gasteiger partial charge < -0.3 is 10.4 Å². The fourth-order valence-electron chi connectivity index (χ4n) is 1.09. The minimum absolute atomic E-state index is 0.00223. The molecule has 0 radical (unpaired) electrons. The van der Waals surface area contributed by atoms with Crippen LogP contribution in [0.4, 0.5) is 11.5 Å². The molecule has 0 fully saturated rings. The van der Waals surface area contributed by atoms with Gasteiger partial charge in [-0.1, -0.05) is 0 Å². The van der Waals surface area contributed by atoms with Crippen molar-refractivity contribution in [2.45, 2.75) is 20.0 Å². The van der Waals surface area contributed by atoms with E-state index in [2.05, 4.69) is 10.3 Å². The third-order valence-electron chi connectivity index (χ3n) is 1.86. The summed E-state index contributed by atoms with van der Waals surface area (Å²) in [6, 6.07) is 1.58. The second kappa shape index (κ2) is 4.70. The standard InChI is InChI=1S/C9H13N3O3/c1-6-3-9(10-4-7(2)13)11-5-8(6)12(14)15/h3,5,7,13H,4H2,1-2H3,(H,10,11). The number of aromatic nitrogens is 1. The van der Waals surface area contributed by atoms with Crippen molar-refractivity contribution in [3.05, 3.63) is 27.9 Å². The van der Waals surface area contributed by atoms with Gasteiger partial charge in [0.25, 0.3) is 5.69 Å². The third-order valence-corrected chi connectivity index (χ3v) is 1.86. The zero-order chi connectivity index (χ0) is 11.4. The van der Waals surface area contributed by atoms with Crippen molar-refractivity contribution >= 4 is 11.5 Å². The molecule has 6 nitrogen and oxygen atoms in total. The van der Waals surface area contributed by atoms with E-state index in [4.69, 9.17) is 5.11 Å². The molecule has 1 atom stereocenters. The average molecular weight is 211 g/mol. The lowest BCUT2D eigenvalue weighted by molar-refractivity contribution is -0.385. The van der Waals surface area contributed by atoms with Crippen LogP contribution in [0.1, 0.15) is 12.5 Å². The van der Waals surface area contributed by atoms with Crippen molar-refractivity contribution in [2.75, 3.05) is 11.9 Å². The van der Waals surface area contributed by atoms with Crippen LogP contribution >= 0.6 is 0 Å². The van der Waals surface area contributed by atoms with E-state index in [9.17, 15) is 10.1 Å². The van der Waals surface area contributed by atoms with E-state index in [1.165, 1.54) is 6.20 Å². The van der Waals surface area contributed by atoms with Gasteiger partial charge in [0.15, 0.2) is 0 Å². The van der Waals surface area contributed by atoms with Crippen molar-refractivity contribution in [3.8, 4) is 0 Å². The van der Waals surface area contributed by atoms with Gasteiger partial charge >= 0.3 is 0 Å². The highest BCUT2D eigenvalue weighted by atomic mass is 16.6. The van der Waals surface area contributed by atoms with Crippen LogP contribution < -0.4 is 5.32 Å². The van der Waals surface area contributed by atoms with Crippen LogP contribution in [0, 0.1) is 17.0 Å². The summed E-state index contributed by atoms with van der Waals surface area (Å²) in [7, 11) is 0. The Balaban J connectivity index is 2.78. The fraction of sp³-hybridized carbons (Fsp3) is 0.444. The molecule has 0 amide bonds. The van der Waals surface area contributed by atoms with Crippen LogP contribution in [-0.4, -0.2) is 27.7 Å². The Morgan fingerprint density at radius 1 is 1.73 bits per heavy atom. The molecule has 0 aliphatic heterocycles. The number of anilines is 1. The number of aliphatic hydroxyl groups is 1. The van der Waals surface area contributed by atoms with Crippen LogP contribution in [0.15, 0.2) is 12.3 Å². The Kier molecular flexibility index (Phi) is 3.56. The monoisotopic (exact) mass is 211 g/mol. The van der Waals surface area contributed by atoms with Gasteiger partial charge in [0.2, 0.25) is 0 Å². The maximum Gasteiger partial charge on any atom is 0.290 e. The molecule has 0 aromatic carbocycles. The summed E-state index contributed by atoms with van der Waals surface area (Å²) in [5.74, 6) is 0.527. The maximum absolute atomic E-state index is 10.5. The molecule has 0 saturated carbocycles. The van der Waals surface area contributed by atoms with E-state index >= 15 is 0 Å². The fourth-order valence-corrected chi connectivity index (χ4v) is 1.09. The van der Waals surface area contributed by atoms with Gasteiger partial charge in [-0.05, 0) is 19.9 Å². The highest BCUT2D eigenvalue weighted by molar-refractivity contribution is 5.46. The number of hydrogen-bond donors (Lipinski definition) is 2. The molecule has 1 heterocycles. The minimum Gasteiger partial charge on any atom is -0.392 e.